The second-order valence-electron chi connectivity index (χ2n) is 8.61. The molecule has 0 aromatic heterocycles. The van der Waals surface area contributed by atoms with E-state index in [4.69, 9.17) is 4.99 Å². The molecule has 0 unspecified atom stereocenters. The van der Waals surface area contributed by atoms with Gasteiger partial charge in [-0.05, 0) is 54.6 Å². The van der Waals surface area contributed by atoms with E-state index in [0.29, 0.717) is 34.4 Å². The number of carbonyl (C=O) groups excluding carboxylic acids is 1. The number of benzene rings is 3. The lowest BCUT2D eigenvalue weighted by molar-refractivity contribution is -0.122. The second-order valence-corrected chi connectivity index (χ2v) is 10.4. The Balaban J connectivity index is 1.55. The maximum absolute atomic E-state index is 13.9. The molecule has 5 rings (SSSR count). The van der Waals surface area contributed by atoms with Crippen molar-refractivity contribution in [2.75, 3.05) is 18.9 Å². The third kappa shape index (κ3) is 5.14. The second kappa shape index (κ2) is 11.1. The Labute approximate surface area is 230 Å². The van der Waals surface area contributed by atoms with Gasteiger partial charge in [-0.2, -0.15) is 5.26 Å². The van der Waals surface area contributed by atoms with Crippen molar-refractivity contribution in [1.82, 2.24) is 9.80 Å². The molecule has 0 radical (unpaired) electrons. The van der Waals surface area contributed by atoms with Crippen LogP contribution in [0.4, 0.5) is 11.4 Å². The zero-order valence-electron chi connectivity index (χ0n) is 20.9. The number of aromatic hydroxyl groups is 1. The predicted molar refractivity (Wildman–Crippen MR) is 155 cm³/mol. The van der Waals surface area contributed by atoms with Crippen LogP contribution in [0, 0.1) is 11.3 Å². The molecule has 190 valence electrons. The van der Waals surface area contributed by atoms with Crippen LogP contribution in [-0.4, -0.2) is 39.6 Å². The van der Waals surface area contributed by atoms with E-state index < -0.39 is 0 Å². The number of aliphatic imine (C=N–C) groups is 1. The molecule has 3 aromatic carbocycles. The maximum Gasteiger partial charge on any atom is 0.269 e. The number of nitriles is 1. The highest BCUT2D eigenvalue weighted by Crippen LogP contribution is 2.46. The normalized spacial score (nSPS) is 18.2. The van der Waals surface area contributed by atoms with Gasteiger partial charge in [-0.3, -0.25) is 9.69 Å². The molecular weight excluding hydrogens is 514 g/mol. The fourth-order valence-electron chi connectivity index (χ4n) is 4.17. The molecule has 0 aliphatic carbocycles. The van der Waals surface area contributed by atoms with Gasteiger partial charge in [0.25, 0.3) is 5.91 Å². The summed E-state index contributed by atoms with van der Waals surface area (Å²) in [6, 6.07) is 24.4. The van der Waals surface area contributed by atoms with Gasteiger partial charge in [-0.25, -0.2) is 4.99 Å². The van der Waals surface area contributed by atoms with Crippen LogP contribution >= 0.6 is 23.5 Å². The fraction of sp³-hybridized carbons (Fsp3) is 0.138. The maximum atomic E-state index is 13.9. The molecule has 0 atom stereocenters. The summed E-state index contributed by atoms with van der Waals surface area (Å²) in [5.41, 5.74) is 4.66. The number of phenols is 1. The molecule has 1 fully saturated rings. The van der Waals surface area contributed by atoms with Gasteiger partial charge in [-0.15, -0.1) is 0 Å². The lowest BCUT2D eigenvalue weighted by Crippen LogP contribution is -2.29. The van der Waals surface area contributed by atoms with E-state index in [9.17, 15) is 15.2 Å². The topological polar surface area (TPSA) is 92.0 Å². The van der Waals surface area contributed by atoms with Crippen LogP contribution in [0.1, 0.15) is 23.6 Å². The third-order valence-corrected chi connectivity index (χ3v) is 8.28. The van der Waals surface area contributed by atoms with E-state index in [2.05, 4.69) is 11.4 Å². The fourth-order valence-corrected chi connectivity index (χ4v) is 6.42. The number of nitrogens with one attached hydrogen (secondary N) is 1. The number of carbonyl (C=O) groups is 1. The Morgan fingerprint density at radius 3 is 2.63 bits per heavy atom. The van der Waals surface area contributed by atoms with Gasteiger partial charge in [0.05, 0.1) is 40.3 Å². The predicted octanol–water partition coefficient (Wildman–Crippen LogP) is 6.31. The SMILES string of the molecule is CCNc1ccc(C#N)cc1N=C1S/C(=C2\SC=C(c3cccc(O)c3)N2C)C(=O)N1Cc1ccccc1. The average molecular weight is 540 g/mol. The molecule has 1 amide bonds. The van der Waals surface area contributed by atoms with E-state index in [1.807, 2.05) is 66.7 Å². The van der Waals surface area contributed by atoms with Gasteiger partial charge >= 0.3 is 0 Å². The molecule has 2 N–H and O–H groups in total. The summed E-state index contributed by atoms with van der Waals surface area (Å²) in [6.07, 6.45) is 0. The zero-order valence-corrected chi connectivity index (χ0v) is 22.5. The number of nitrogens with zero attached hydrogens (tertiary/aromatic N) is 4. The van der Waals surface area contributed by atoms with Crippen molar-refractivity contribution >= 4 is 51.7 Å². The summed E-state index contributed by atoms with van der Waals surface area (Å²) < 4.78 is 0. The molecule has 2 aliphatic rings. The molecule has 7 nitrogen and oxygen atoms in total. The summed E-state index contributed by atoms with van der Waals surface area (Å²) in [5.74, 6) is 0.0627. The van der Waals surface area contributed by atoms with Crippen LogP contribution in [0.3, 0.4) is 0 Å². The summed E-state index contributed by atoms with van der Waals surface area (Å²) >= 11 is 2.81. The minimum absolute atomic E-state index is 0.126. The number of hydrogen-bond donors (Lipinski definition) is 2. The van der Waals surface area contributed by atoms with Gasteiger partial charge in [-0.1, -0.05) is 54.2 Å². The quantitative estimate of drug-likeness (QED) is 0.355. The van der Waals surface area contributed by atoms with Gasteiger partial charge in [0.1, 0.15) is 10.7 Å². The molecule has 1 saturated heterocycles. The number of phenolic OH excluding ortho intramolecular Hbond substituents is 1. The molecule has 2 heterocycles. The van der Waals surface area contributed by atoms with E-state index in [-0.39, 0.29) is 11.7 Å². The lowest BCUT2D eigenvalue weighted by Gasteiger charge is -2.19. The molecular formula is C29H25N5O2S2. The van der Waals surface area contributed by atoms with E-state index >= 15 is 0 Å². The summed E-state index contributed by atoms with van der Waals surface area (Å²) in [5, 5.41) is 26.1. The number of hydrogen-bond acceptors (Lipinski definition) is 8. The van der Waals surface area contributed by atoms with Crippen molar-refractivity contribution in [3.05, 3.63) is 105 Å². The summed E-state index contributed by atoms with van der Waals surface area (Å²) in [4.78, 5) is 23.0. The Bertz CT molecular complexity index is 1530. The highest BCUT2D eigenvalue weighted by Gasteiger charge is 2.38. The lowest BCUT2D eigenvalue weighted by atomic mass is 10.1. The molecule has 0 saturated carbocycles. The van der Waals surface area contributed by atoms with Crippen LogP contribution in [0.15, 0.2) is 93.1 Å². The van der Waals surface area contributed by atoms with Crippen LogP contribution < -0.4 is 5.32 Å². The zero-order chi connectivity index (χ0) is 26.6. The molecule has 2 aliphatic heterocycles. The van der Waals surface area contributed by atoms with Crippen molar-refractivity contribution in [3.63, 3.8) is 0 Å². The number of amides is 1. The Morgan fingerprint density at radius 2 is 1.89 bits per heavy atom. The summed E-state index contributed by atoms with van der Waals surface area (Å²) in [6.45, 7) is 3.07. The Hall–Kier alpha value is -4.13. The molecule has 0 bridgehead atoms. The van der Waals surface area contributed by atoms with Gasteiger partial charge in [0.15, 0.2) is 5.17 Å². The molecule has 9 heteroatoms. The minimum atomic E-state index is -0.126. The van der Waals surface area contributed by atoms with E-state index in [1.54, 1.807) is 35.2 Å². The minimum Gasteiger partial charge on any atom is -0.508 e. The molecule has 3 aromatic rings. The highest BCUT2D eigenvalue weighted by atomic mass is 32.2. The van der Waals surface area contributed by atoms with Gasteiger partial charge in [0, 0.05) is 24.6 Å². The van der Waals surface area contributed by atoms with Crippen molar-refractivity contribution < 1.29 is 9.90 Å². The van der Waals surface area contributed by atoms with Crippen molar-refractivity contribution in [2.45, 2.75) is 13.5 Å². The van der Waals surface area contributed by atoms with E-state index in [1.165, 1.54) is 23.5 Å². The van der Waals surface area contributed by atoms with Crippen LogP contribution in [-0.2, 0) is 11.3 Å². The monoisotopic (exact) mass is 539 g/mol. The number of amidine groups is 1. The van der Waals surface area contributed by atoms with Crippen molar-refractivity contribution in [3.8, 4) is 11.8 Å². The first-order chi connectivity index (χ1) is 18.5. The van der Waals surface area contributed by atoms with Crippen molar-refractivity contribution in [2.24, 2.45) is 4.99 Å². The summed E-state index contributed by atoms with van der Waals surface area (Å²) in [7, 11) is 1.92. The number of thioether (sulfide) groups is 2. The van der Waals surface area contributed by atoms with Crippen LogP contribution in [0.2, 0.25) is 0 Å². The molecule has 38 heavy (non-hydrogen) atoms. The van der Waals surface area contributed by atoms with Gasteiger partial charge < -0.3 is 15.3 Å². The first-order valence-corrected chi connectivity index (χ1v) is 13.7. The van der Waals surface area contributed by atoms with Crippen LogP contribution in [0.5, 0.6) is 5.75 Å². The largest absolute Gasteiger partial charge is 0.508 e. The van der Waals surface area contributed by atoms with E-state index in [0.717, 1.165) is 27.5 Å². The Kier molecular flexibility index (Phi) is 7.45. The number of rotatable bonds is 6. The van der Waals surface area contributed by atoms with Crippen molar-refractivity contribution in [1.29, 1.82) is 5.26 Å². The number of anilines is 1. The smallest absolute Gasteiger partial charge is 0.269 e. The first-order valence-electron chi connectivity index (χ1n) is 12.0. The highest BCUT2D eigenvalue weighted by molar-refractivity contribution is 8.19. The first kappa shape index (κ1) is 25.5. The third-order valence-electron chi connectivity index (χ3n) is 6.04. The van der Waals surface area contributed by atoms with Crippen LogP contribution in [0.25, 0.3) is 5.70 Å². The Morgan fingerprint density at radius 1 is 1.08 bits per heavy atom. The molecule has 0 spiro atoms. The average Bonchev–Trinajstić information content (AvgIpc) is 3.45. The van der Waals surface area contributed by atoms with Gasteiger partial charge in [0.2, 0.25) is 0 Å². The standard InChI is InChI=1S/C29H25N5O2S2/c1-3-31-23-13-12-20(16-30)14-24(23)32-29-34(17-19-8-5-4-6-9-19)27(36)26(38-29)28-33(2)25(18-37-28)21-10-7-11-22(35)15-21/h4-15,18,31,35H,3,17H2,1-2H3/b28-26-,32-29?.